The van der Waals surface area contributed by atoms with Crippen molar-refractivity contribution in [2.24, 2.45) is 0 Å². The van der Waals surface area contributed by atoms with Gasteiger partial charge in [0.1, 0.15) is 22.2 Å². The van der Waals surface area contributed by atoms with Crippen molar-refractivity contribution in [3.8, 4) is 5.69 Å². The highest BCUT2D eigenvalue weighted by molar-refractivity contribution is 6.09. The number of hydrogen-bond donors (Lipinski definition) is 0. The molecule has 5 aromatic carbocycles. The van der Waals surface area contributed by atoms with Crippen molar-refractivity contribution in [2.45, 2.75) is 20.3 Å². The van der Waals surface area contributed by atoms with E-state index in [-0.39, 0.29) is 0 Å². The average Bonchev–Trinajstić information content (AvgIpc) is 3.71. The molecule has 0 aliphatic heterocycles. The van der Waals surface area contributed by atoms with Gasteiger partial charge in [-0.15, -0.1) is 0 Å². The molecule has 0 fully saturated rings. The van der Waals surface area contributed by atoms with Gasteiger partial charge in [0.15, 0.2) is 0 Å². The van der Waals surface area contributed by atoms with Crippen LogP contribution < -0.4 is 10.6 Å². The van der Waals surface area contributed by atoms with Crippen molar-refractivity contribution in [3.05, 3.63) is 166 Å². The fourth-order valence-electron chi connectivity index (χ4n) is 7.14. The van der Waals surface area contributed by atoms with Crippen molar-refractivity contribution in [2.75, 3.05) is 0 Å². The number of aromatic nitrogens is 1. The minimum absolute atomic E-state index is 0.788. The Bertz CT molecular complexity index is 2770. The lowest BCUT2D eigenvalue weighted by Crippen LogP contribution is -2.18. The van der Waals surface area contributed by atoms with E-state index in [1.165, 1.54) is 32.9 Å². The fraction of sp³-hybridized carbons (Fsp3) is 0.0667. The summed E-state index contributed by atoms with van der Waals surface area (Å²) >= 11 is 0. The molecule has 0 atom stereocenters. The van der Waals surface area contributed by atoms with Crippen LogP contribution in [0.1, 0.15) is 24.5 Å². The van der Waals surface area contributed by atoms with E-state index in [1.807, 2.05) is 6.92 Å². The van der Waals surface area contributed by atoms with Crippen molar-refractivity contribution >= 4 is 72.9 Å². The summed E-state index contributed by atoms with van der Waals surface area (Å²) in [6, 6.07) is 36.6. The molecule has 0 N–H and O–H groups in total. The second-order valence-electron chi connectivity index (χ2n) is 12.5. The second kappa shape index (κ2) is 11.3. The number of rotatable bonds is 5. The number of allylic oxidation sites excluding steroid dienone is 7. The maximum absolute atomic E-state index is 6.43. The fourth-order valence-corrected chi connectivity index (χ4v) is 7.14. The Kier molecular flexibility index (Phi) is 6.65. The van der Waals surface area contributed by atoms with E-state index in [0.29, 0.717) is 0 Å². The molecule has 0 amide bonds. The first-order valence-electron chi connectivity index (χ1n) is 16.5. The van der Waals surface area contributed by atoms with Crippen LogP contribution >= 0.6 is 0 Å². The number of hydrogen-bond acceptors (Lipinski definition) is 2. The zero-order valence-electron chi connectivity index (χ0n) is 26.9. The molecule has 8 aromatic rings. The highest BCUT2D eigenvalue weighted by atomic mass is 16.3. The van der Waals surface area contributed by atoms with Gasteiger partial charge in [0.2, 0.25) is 0 Å². The van der Waals surface area contributed by atoms with Crippen molar-refractivity contribution in [3.63, 3.8) is 0 Å². The van der Waals surface area contributed by atoms with Gasteiger partial charge in [0.05, 0.1) is 11.0 Å². The first-order chi connectivity index (χ1) is 23.6. The van der Waals surface area contributed by atoms with Gasteiger partial charge in [0.25, 0.3) is 0 Å². The van der Waals surface area contributed by atoms with E-state index in [4.69, 9.17) is 8.83 Å². The topological polar surface area (TPSA) is 31.2 Å². The number of fused-ring (bicyclic) bond motifs is 9. The van der Waals surface area contributed by atoms with Gasteiger partial charge in [0, 0.05) is 37.8 Å². The van der Waals surface area contributed by atoms with Crippen LogP contribution in [0.5, 0.6) is 0 Å². The lowest BCUT2D eigenvalue weighted by atomic mass is 9.99. The summed E-state index contributed by atoms with van der Waals surface area (Å²) < 4.78 is 14.9. The van der Waals surface area contributed by atoms with Crippen molar-refractivity contribution in [1.29, 1.82) is 0 Å². The smallest absolute Gasteiger partial charge is 0.135 e. The van der Waals surface area contributed by atoms with Gasteiger partial charge in [-0.05, 0) is 97.7 Å². The van der Waals surface area contributed by atoms with Crippen LogP contribution in [0.2, 0.25) is 0 Å². The third-order valence-corrected chi connectivity index (χ3v) is 9.48. The molecule has 0 saturated heterocycles. The molecule has 48 heavy (non-hydrogen) atoms. The van der Waals surface area contributed by atoms with Crippen LogP contribution in [0.25, 0.3) is 78.6 Å². The average molecular weight is 620 g/mol. The van der Waals surface area contributed by atoms with Gasteiger partial charge < -0.3 is 13.4 Å². The van der Waals surface area contributed by atoms with Gasteiger partial charge in [-0.1, -0.05) is 96.6 Å². The number of benzene rings is 5. The highest BCUT2D eigenvalue weighted by Crippen LogP contribution is 2.33. The molecule has 0 unspecified atom stereocenters. The van der Waals surface area contributed by atoms with E-state index in [0.717, 1.165) is 66.8 Å². The van der Waals surface area contributed by atoms with Gasteiger partial charge >= 0.3 is 0 Å². The molecular weight excluding hydrogens is 587 g/mol. The molecule has 0 saturated carbocycles. The standard InChI is InChI=1S/C45H33NO2/c1-3-4-9-31(17-15-30-16-23-44-38(27-30)37-26-29(2)14-22-43(37)48-44)32-18-21-36-39-28-33(20-25-45(39)47-42(36)24-19-32)46-40-12-7-5-10-34(40)35-11-6-8-13-41(35)46/h3-17,19-28H,18H2,1-2H3/b4-3-,17-15+,31-9+. The summed E-state index contributed by atoms with van der Waals surface area (Å²) in [7, 11) is 0. The minimum Gasteiger partial charge on any atom is -0.456 e. The van der Waals surface area contributed by atoms with Gasteiger partial charge in [-0.3, -0.25) is 0 Å². The van der Waals surface area contributed by atoms with Crippen molar-refractivity contribution in [1.82, 2.24) is 4.57 Å². The molecule has 3 nitrogen and oxygen atoms in total. The predicted octanol–water partition coefficient (Wildman–Crippen LogP) is 10.8. The largest absolute Gasteiger partial charge is 0.456 e. The highest BCUT2D eigenvalue weighted by Gasteiger charge is 2.14. The number of para-hydroxylation sites is 2. The lowest BCUT2D eigenvalue weighted by Gasteiger charge is -2.08. The zero-order valence-corrected chi connectivity index (χ0v) is 26.9. The Morgan fingerprint density at radius 2 is 1.40 bits per heavy atom. The van der Waals surface area contributed by atoms with Gasteiger partial charge in [-0.2, -0.15) is 0 Å². The Morgan fingerprint density at radius 1 is 0.688 bits per heavy atom. The van der Waals surface area contributed by atoms with Crippen LogP contribution in [-0.2, 0) is 0 Å². The molecular formula is C45H33NO2. The molecule has 3 aromatic heterocycles. The predicted molar refractivity (Wildman–Crippen MR) is 202 cm³/mol. The summed E-state index contributed by atoms with van der Waals surface area (Å²) in [5, 5.41) is 7.08. The summed E-state index contributed by atoms with van der Waals surface area (Å²) in [4.78, 5) is 0. The molecule has 3 heteroatoms. The van der Waals surface area contributed by atoms with Gasteiger partial charge in [-0.25, -0.2) is 0 Å². The van der Waals surface area contributed by atoms with E-state index >= 15 is 0 Å². The van der Waals surface area contributed by atoms with E-state index in [1.54, 1.807) is 0 Å². The summed E-state index contributed by atoms with van der Waals surface area (Å²) in [5.41, 5.74) is 11.9. The van der Waals surface area contributed by atoms with Crippen LogP contribution in [0.3, 0.4) is 0 Å². The molecule has 0 radical (unpaired) electrons. The monoisotopic (exact) mass is 619 g/mol. The molecule has 1 aliphatic rings. The molecule has 0 bridgehead atoms. The van der Waals surface area contributed by atoms with E-state index < -0.39 is 0 Å². The summed E-state index contributed by atoms with van der Waals surface area (Å²) in [5.74, 6) is 0. The third-order valence-electron chi connectivity index (χ3n) is 9.48. The Hall–Kier alpha value is -6.06. The Morgan fingerprint density at radius 3 is 2.19 bits per heavy atom. The third kappa shape index (κ3) is 4.66. The first kappa shape index (κ1) is 28.2. The van der Waals surface area contributed by atoms with Crippen LogP contribution in [-0.4, -0.2) is 4.57 Å². The van der Waals surface area contributed by atoms with E-state index in [2.05, 4.69) is 163 Å². The number of nitrogens with zero attached hydrogens (tertiary/aromatic N) is 1. The molecule has 230 valence electrons. The molecule has 1 aliphatic carbocycles. The SMILES string of the molecule is C\C=C/C=C(\C=C\c1ccc2oc3ccc(C)cc3c2c1)C1=CC=c2oc3ccc(-n4c5ccccc5c5ccccc54)cc3c2=CC1. The Labute approximate surface area is 278 Å². The lowest BCUT2D eigenvalue weighted by molar-refractivity contribution is 0.576. The molecule has 3 heterocycles. The Balaban J connectivity index is 1.09. The van der Waals surface area contributed by atoms with Crippen LogP contribution in [0.15, 0.2) is 153 Å². The summed E-state index contributed by atoms with van der Waals surface area (Å²) in [6.07, 6.45) is 18.2. The minimum atomic E-state index is 0.788. The van der Waals surface area contributed by atoms with Crippen molar-refractivity contribution < 1.29 is 8.83 Å². The summed E-state index contributed by atoms with van der Waals surface area (Å²) in [6.45, 7) is 4.17. The molecule has 9 rings (SSSR count). The first-order valence-corrected chi connectivity index (χ1v) is 16.5. The zero-order chi connectivity index (χ0) is 32.2. The normalized spacial score (nSPS) is 14.0. The quantitative estimate of drug-likeness (QED) is 0.180. The molecule has 0 spiro atoms. The second-order valence-corrected chi connectivity index (χ2v) is 12.5. The van der Waals surface area contributed by atoms with Crippen LogP contribution in [0, 0.1) is 6.92 Å². The van der Waals surface area contributed by atoms with E-state index in [9.17, 15) is 0 Å². The number of furan rings is 2. The maximum atomic E-state index is 6.43. The number of aryl methyl sites for hydroxylation is 1. The maximum Gasteiger partial charge on any atom is 0.135 e. The van der Waals surface area contributed by atoms with Crippen LogP contribution in [0.4, 0.5) is 0 Å².